The normalized spacial score (nSPS) is 7.57. The Morgan fingerprint density at radius 2 is 2.43 bits per heavy atom. The summed E-state index contributed by atoms with van der Waals surface area (Å²) in [6, 6.07) is 0. The number of hydrogen-bond acceptors (Lipinski definition) is 1. The van der Waals surface area contributed by atoms with Gasteiger partial charge in [0.25, 0.3) is 0 Å². The summed E-state index contributed by atoms with van der Waals surface area (Å²) in [6.07, 6.45) is 0.893. The summed E-state index contributed by atoms with van der Waals surface area (Å²) in [5.41, 5.74) is 11.3. The maximum Gasteiger partial charge on any atom is 0.0741 e. The molecule has 0 rings (SSSR count). The quantitative estimate of drug-likeness (QED) is 0.223. The zero-order valence-corrected chi connectivity index (χ0v) is 4.17. The fourth-order valence-corrected chi connectivity index (χ4v) is 0.227. The fraction of sp³-hybridized carbons (Fsp3) is 1.00. The van der Waals surface area contributed by atoms with Gasteiger partial charge in [0.15, 0.2) is 0 Å². The lowest BCUT2D eigenvalue weighted by Crippen LogP contribution is -2.50. The molecule has 0 atom stereocenters. The minimum atomic E-state index is 0.583. The number of nitrogens with zero attached hydrogens (tertiary/aromatic N) is 3. The molecule has 0 saturated carbocycles. The molecule has 0 saturated heterocycles. The number of hydrogen-bond donors (Lipinski definition) is 1. The lowest BCUT2D eigenvalue weighted by Gasteiger charge is -1.78. The molecule has 0 spiro atoms. The van der Waals surface area contributed by atoms with Crippen LogP contribution in [0, 0.1) is 0 Å². The van der Waals surface area contributed by atoms with E-state index in [1.54, 1.807) is 0 Å². The summed E-state index contributed by atoms with van der Waals surface area (Å²) in [6.45, 7) is 1.43. The number of rotatable bonds is 3. The van der Waals surface area contributed by atoms with Gasteiger partial charge in [0.2, 0.25) is 0 Å². The van der Waals surface area contributed by atoms with Crippen molar-refractivity contribution in [1.29, 1.82) is 0 Å². The molecule has 0 heterocycles. The number of quaternary nitrogens is 1. The molecule has 0 aliphatic carbocycles. The Morgan fingerprint density at radius 3 is 2.86 bits per heavy atom. The van der Waals surface area contributed by atoms with E-state index in [2.05, 4.69) is 15.8 Å². The first kappa shape index (κ1) is 6.27. The van der Waals surface area contributed by atoms with Crippen LogP contribution >= 0.6 is 0 Å². The van der Waals surface area contributed by atoms with E-state index in [9.17, 15) is 0 Å². The van der Waals surface area contributed by atoms with Gasteiger partial charge >= 0.3 is 0 Å². The van der Waals surface area contributed by atoms with Crippen molar-refractivity contribution in [3.8, 4) is 0 Å². The van der Waals surface area contributed by atoms with E-state index in [0.717, 1.165) is 13.0 Å². The first-order valence-corrected chi connectivity index (χ1v) is 2.22. The van der Waals surface area contributed by atoms with Crippen molar-refractivity contribution in [2.24, 2.45) is 5.11 Å². The Labute approximate surface area is 41.9 Å². The van der Waals surface area contributed by atoms with E-state index >= 15 is 0 Å². The van der Waals surface area contributed by atoms with Crippen LogP contribution in [0.4, 0.5) is 0 Å². The predicted octanol–water partition coefficient (Wildman–Crippen LogP) is -0.0713. The monoisotopic (exact) mass is 101 g/mol. The van der Waals surface area contributed by atoms with Crippen molar-refractivity contribution >= 4 is 0 Å². The fourth-order valence-electron chi connectivity index (χ4n) is 0.227. The highest BCUT2D eigenvalue weighted by atomic mass is 15.1. The van der Waals surface area contributed by atoms with Crippen LogP contribution in [0.2, 0.25) is 0 Å². The van der Waals surface area contributed by atoms with Crippen LogP contribution in [0.5, 0.6) is 0 Å². The minimum Gasteiger partial charge on any atom is -0.358 e. The van der Waals surface area contributed by atoms with Gasteiger partial charge in [0.05, 0.1) is 6.54 Å². The van der Waals surface area contributed by atoms with Crippen molar-refractivity contribution in [3.05, 3.63) is 10.4 Å². The van der Waals surface area contributed by atoms with Crippen LogP contribution in [0.15, 0.2) is 5.11 Å². The van der Waals surface area contributed by atoms with Gasteiger partial charge in [-0.25, -0.2) is 0 Å². The first-order valence-electron chi connectivity index (χ1n) is 2.22. The van der Waals surface area contributed by atoms with Crippen molar-refractivity contribution in [3.63, 3.8) is 0 Å². The second-order valence-electron chi connectivity index (χ2n) is 1.16. The molecule has 0 amide bonds. The summed E-state index contributed by atoms with van der Waals surface area (Å²) >= 11 is 0. The van der Waals surface area contributed by atoms with Gasteiger partial charge in [-0.1, -0.05) is 5.11 Å². The van der Waals surface area contributed by atoms with Crippen LogP contribution in [-0.2, 0) is 0 Å². The minimum absolute atomic E-state index is 0.583. The lowest BCUT2D eigenvalue weighted by atomic mass is 10.4. The highest BCUT2D eigenvalue weighted by Crippen LogP contribution is 1.73. The van der Waals surface area contributed by atoms with Crippen LogP contribution in [0.3, 0.4) is 0 Å². The van der Waals surface area contributed by atoms with Crippen molar-refractivity contribution in [1.82, 2.24) is 0 Å². The third kappa shape index (κ3) is 5.27. The summed E-state index contributed by atoms with van der Waals surface area (Å²) in [4.78, 5) is 2.57. The SMILES string of the molecule is [N-]=[N+]=NCCC[NH3+]. The molecule has 3 N–H and O–H groups in total. The Bertz CT molecular complexity index is 73.0. The lowest BCUT2D eigenvalue weighted by molar-refractivity contribution is -0.367. The molecule has 0 aromatic rings. The highest BCUT2D eigenvalue weighted by molar-refractivity contribution is 4.43. The Hall–Kier alpha value is -0.730. The van der Waals surface area contributed by atoms with Crippen molar-refractivity contribution < 1.29 is 5.73 Å². The van der Waals surface area contributed by atoms with E-state index in [0.29, 0.717) is 6.54 Å². The van der Waals surface area contributed by atoms with E-state index in [1.165, 1.54) is 0 Å². The van der Waals surface area contributed by atoms with Crippen LogP contribution in [0.25, 0.3) is 10.4 Å². The van der Waals surface area contributed by atoms with E-state index in [1.807, 2.05) is 0 Å². The smallest absolute Gasteiger partial charge is 0.0741 e. The summed E-state index contributed by atoms with van der Waals surface area (Å²) in [5, 5.41) is 3.30. The molecule has 0 aliphatic heterocycles. The molecular weight excluding hydrogens is 92.1 g/mol. The maximum atomic E-state index is 7.73. The molecule has 4 heteroatoms. The summed E-state index contributed by atoms with van der Waals surface area (Å²) < 4.78 is 0. The zero-order chi connectivity index (χ0) is 5.54. The summed E-state index contributed by atoms with van der Waals surface area (Å²) in [5.74, 6) is 0. The molecule has 0 aliphatic rings. The van der Waals surface area contributed by atoms with Gasteiger partial charge in [0, 0.05) is 17.9 Å². The van der Waals surface area contributed by atoms with Gasteiger partial charge in [0.1, 0.15) is 0 Å². The highest BCUT2D eigenvalue weighted by Gasteiger charge is 1.76. The van der Waals surface area contributed by atoms with E-state index in [-0.39, 0.29) is 0 Å². The van der Waals surface area contributed by atoms with Crippen molar-refractivity contribution in [2.75, 3.05) is 13.1 Å². The molecule has 40 valence electrons. The molecule has 4 nitrogen and oxygen atoms in total. The number of azide groups is 1. The van der Waals surface area contributed by atoms with E-state index < -0.39 is 0 Å². The average molecular weight is 101 g/mol. The molecule has 0 radical (unpaired) electrons. The van der Waals surface area contributed by atoms with Crippen LogP contribution < -0.4 is 5.73 Å². The molecule has 0 bridgehead atoms. The summed E-state index contributed by atoms with van der Waals surface area (Å²) in [7, 11) is 0. The van der Waals surface area contributed by atoms with E-state index in [4.69, 9.17) is 5.53 Å². The molecule has 0 aromatic carbocycles. The van der Waals surface area contributed by atoms with Gasteiger partial charge in [-0.05, 0) is 5.53 Å². The third-order valence-electron chi connectivity index (χ3n) is 0.571. The second-order valence-corrected chi connectivity index (χ2v) is 1.16. The van der Waals surface area contributed by atoms with Crippen LogP contribution in [-0.4, -0.2) is 13.1 Å². The van der Waals surface area contributed by atoms with Gasteiger partial charge in [-0.3, -0.25) is 0 Å². The largest absolute Gasteiger partial charge is 0.358 e. The second kappa shape index (κ2) is 5.27. The standard InChI is InChI=1S/C3H8N4/c4-2-1-3-6-7-5/h1-4H2/p+1. The molecule has 0 aromatic heterocycles. The Morgan fingerprint density at radius 1 is 1.71 bits per heavy atom. The molecule has 0 fully saturated rings. The molecule has 7 heavy (non-hydrogen) atoms. The average Bonchev–Trinajstić information content (AvgIpc) is 1.69. The van der Waals surface area contributed by atoms with Gasteiger partial charge in [-0.2, -0.15) is 0 Å². The molecule has 0 unspecified atom stereocenters. The first-order chi connectivity index (χ1) is 3.41. The Balaban J connectivity index is 2.83. The molecular formula is C3H9N4+. The van der Waals surface area contributed by atoms with Gasteiger partial charge < -0.3 is 5.73 Å². The van der Waals surface area contributed by atoms with Crippen LogP contribution in [0.1, 0.15) is 6.42 Å². The Kier molecular flexibility index (Phi) is 4.72. The van der Waals surface area contributed by atoms with Gasteiger partial charge in [-0.15, -0.1) is 0 Å². The van der Waals surface area contributed by atoms with Crippen molar-refractivity contribution in [2.45, 2.75) is 6.42 Å². The predicted molar refractivity (Wildman–Crippen MR) is 26.4 cm³/mol. The zero-order valence-electron chi connectivity index (χ0n) is 4.17. The topological polar surface area (TPSA) is 76.4 Å². The third-order valence-corrected chi connectivity index (χ3v) is 0.571. The maximum absolute atomic E-state index is 7.73.